The first-order valence-corrected chi connectivity index (χ1v) is 21.6. The second-order valence-electron chi connectivity index (χ2n) is 16.0. The molecule has 0 radical (unpaired) electrons. The van der Waals surface area contributed by atoms with Gasteiger partial charge >= 0.3 is 0 Å². The molecular formula is C57H37N3OS. The number of aliphatic imine (C=N–C) groups is 2. The van der Waals surface area contributed by atoms with Crippen LogP contribution in [-0.4, -0.2) is 16.1 Å². The number of fused-ring (bicyclic) bond motifs is 11. The minimum atomic E-state index is 0.549. The number of furan rings is 1. The Morgan fingerprint density at radius 2 is 1.18 bits per heavy atom. The largest absolute Gasteiger partial charge is 0.456 e. The molecule has 3 heterocycles. The number of benzene rings is 9. The van der Waals surface area contributed by atoms with Gasteiger partial charge in [-0.1, -0.05) is 147 Å². The van der Waals surface area contributed by atoms with E-state index in [2.05, 4.69) is 181 Å². The number of amidine groups is 1. The lowest BCUT2D eigenvalue weighted by molar-refractivity contribution is 0.668. The summed E-state index contributed by atoms with van der Waals surface area (Å²) in [7, 11) is 0. The van der Waals surface area contributed by atoms with Crippen molar-refractivity contribution >= 4 is 114 Å². The van der Waals surface area contributed by atoms with Crippen molar-refractivity contribution in [2.24, 2.45) is 9.98 Å². The fraction of sp³-hybridized carbons (Fsp3) is 0.0175. The number of allylic oxidation sites excluding steroid dienone is 1. The molecule has 5 heteroatoms. The lowest BCUT2D eigenvalue weighted by atomic mass is 10.0. The second kappa shape index (κ2) is 14.1. The van der Waals surface area contributed by atoms with E-state index in [0.29, 0.717) is 11.5 Å². The van der Waals surface area contributed by atoms with Gasteiger partial charge in [-0.3, -0.25) is 0 Å². The van der Waals surface area contributed by atoms with Crippen molar-refractivity contribution in [1.82, 2.24) is 4.57 Å². The maximum atomic E-state index is 6.59. The highest BCUT2D eigenvalue weighted by molar-refractivity contribution is 7.26. The van der Waals surface area contributed by atoms with Crippen LogP contribution in [0.25, 0.3) is 96.8 Å². The predicted octanol–water partition coefficient (Wildman–Crippen LogP) is 15.8. The van der Waals surface area contributed by atoms with Crippen LogP contribution in [0, 0.1) is 0 Å². The molecule has 0 saturated carbocycles. The molecule has 0 aliphatic heterocycles. The molecule has 0 aliphatic rings. The van der Waals surface area contributed by atoms with Crippen LogP contribution in [0.1, 0.15) is 23.6 Å². The van der Waals surface area contributed by atoms with Crippen molar-refractivity contribution in [2.45, 2.75) is 6.92 Å². The van der Waals surface area contributed by atoms with Crippen LogP contribution in [0.15, 0.2) is 215 Å². The van der Waals surface area contributed by atoms with Crippen molar-refractivity contribution in [3.05, 3.63) is 217 Å². The highest BCUT2D eigenvalue weighted by Gasteiger charge is 2.22. The van der Waals surface area contributed by atoms with E-state index >= 15 is 0 Å². The third kappa shape index (κ3) is 5.74. The van der Waals surface area contributed by atoms with Gasteiger partial charge in [-0.25, -0.2) is 9.98 Å². The van der Waals surface area contributed by atoms with E-state index in [0.717, 1.165) is 77.4 Å². The van der Waals surface area contributed by atoms with E-state index in [9.17, 15) is 0 Å². The van der Waals surface area contributed by atoms with Crippen LogP contribution in [0.3, 0.4) is 0 Å². The van der Waals surface area contributed by atoms with Gasteiger partial charge in [-0.2, -0.15) is 0 Å². The number of nitrogens with zero attached hydrogens (tertiary/aromatic N) is 3. The number of thiophene rings is 1. The molecule has 12 rings (SSSR count). The molecule has 0 N–H and O–H groups in total. The molecule has 4 nitrogen and oxygen atoms in total. The monoisotopic (exact) mass is 811 g/mol. The predicted molar refractivity (Wildman–Crippen MR) is 266 cm³/mol. The van der Waals surface area contributed by atoms with Crippen molar-refractivity contribution < 1.29 is 4.42 Å². The average molecular weight is 812 g/mol. The molecule has 0 fully saturated rings. The van der Waals surface area contributed by atoms with Crippen LogP contribution in [-0.2, 0) is 0 Å². The zero-order valence-electron chi connectivity index (χ0n) is 33.9. The number of hydrogen-bond donors (Lipinski definition) is 0. The average Bonchev–Trinajstić information content (AvgIpc) is 3.98. The van der Waals surface area contributed by atoms with Gasteiger partial charge in [0.2, 0.25) is 0 Å². The molecule has 0 spiro atoms. The van der Waals surface area contributed by atoms with Gasteiger partial charge in [0.1, 0.15) is 11.2 Å². The Morgan fingerprint density at radius 1 is 0.500 bits per heavy atom. The van der Waals surface area contributed by atoms with Gasteiger partial charge in [0.05, 0.1) is 28.1 Å². The summed E-state index contributed by atoms with van der Waals surface area (Å²) in [6.45, 7) is 11.3. The van der Waals surface area contributed by atoms with E-state index in [1.165, 1.54) is 41.7 Å². The molecule has 0 bridgehead atoms. The Hall–Kier alpha value is -7.86. The normalized spacial score (nSPS) is 12.6. The van der Waals surface area contributed by atoms with Crippen molar-refractivity contribution in [1.29, 1.82) is 0 Å². The third-order valence-electron chi connectivity index (χ3n) is 12.1. The molecule has 62 heavy (non-hydrogen) atoms. The third-order valence-corrected chi connectivity index (χ3v) is 13.3. The number of para-hydroxylation sites is 2. The first-order chi connectivity index (χ1) is 30.5. The molecule has 0 unspecified atom stereocenters. The molecule has 3 aromatic heterocycles. The first kappa shape index (κ1) is 36.0. The molecule has 9 aromatic carbocycles. The van der Waals surface area contributed by atoms with E-state index < -0.39 is 0 Å². The minimum absolute atomic E-state index is 0.549. The quantitative estimate of drug-likeness (QED) is 0.122. The zero-order valence-corrected chi connectivity index (χ0v) is 34.7. The first-order valence-electron chi connectivity index (χ1n) is 20.8. The highest BCUT2D eigenvalue weighted by atomic mass is 32.1. The topological polar surface area (TPSA) is 42.8 Å². The van der Waals surface area contributed by atoms with Crippen molar-refractivity contribution in [2.75, 3.05) is 0 Å². The van der Waals surface area contributed by atoms with Gasteiger partial charge in [-0.05, 0) is 76.5 Å². The van der Waals surface area contributed by atoms with Crippen molar-refractivity contribution in [3.8, 4) is 5.69 Å². The Morgan fingerprint density at radius 3 is 2.00 bits per heavy atom. The summed E-state index contributed by atoms with van der Waals surface area (Å²) in [5.74, 6) is 0.549. The number of aromatic nitrogens is 1. The van der Waals surface area contributed by atoms with Crippen LogP contribution >= 0.6 is 11.3 Å². The smallest absolute Gasteiger partial charge is 0.160 e. The summed E-state index contributed by atoms with van der Waals surface area (Å²) in [5.41, 5.74) is 9.70. The SMILES string of the molecule is C=C(C)/C(=N\C(=N/C(=C)c1cc2c(cc1-n1c3ccccc3c3cc4ccccc4cc31)oc1ccccc12)c1ccc2ccccc2c1)c1cccc2c1sc1ccccc12. The molecule has 0 aliphatic carbocycles. The maximum absolute atomic E-state index is 6.59. The maximum Gasteiger partial charge on any atom is 0.160 e. The fourth-order valence-electron chi connectivity index (χ4n) is 9.19. The van der Waals surface area contributed by atoms with Crippen LogP contribution in [0.5, 0.6) is 0 Å². The van der Waals surface area contributed by atoms with Gasteiger partial charge in [0.15, 0.2) is 5.84 Å². The number of hydrogen-bond acceptors (Lipinski definition) is 3. The minimum Gasteiger partial charge on any atom is -0.456 e. The second-order valence-corrected chi connectivity index (χ2v) is 17.1. The summed E-state index contributed by atoms with van der Waals surface area (Å²) in [4.78, 5) is 11.0. The Bertz CT molecular complexity index is 3930. The van der Waals surface area contributed by atoms with Gasteiger partial charge < -0.3 is 8.98 Å². The summed E-state index contributed by atoms with van der Waals surface area (Å²) in [6.07, 6.45) is 0. The molecule has 0 amide bonds. The van der Waals surface area contributed by atoms with Crippen LogP contribution < -0.4 is 0 Å². The van der Waals surface area contributed by atoms with Crippen LogP contribution in [0.4, 0.5) is 0 Å². The lowest BCUT2D eigenvalue weighted by Crippen LogP contribution is -2.09. The summed E-state index contributed by atoms with van der Waals surface area (Å²) < 4.78 is 11.3. The van der Waals surface area contributed by atoms with Crippen LogP contribution in [0.2, 0.25) is 0 Å². The van der Waals surface area contributed by atoms with Gasteiger partial charge in [-0.15, -0.1) is 11.3 Å². The standard InChI is InChI=1S/C57H37N3OS/c1-34(2)55(45-23-14-22-44-43-21-10-13-26-54(43)62-56(44)45)59-57(40-28-27-36-15-4-5-16-37(36)29-40)58-35(3)46-32-48-42-20-9-12-25-52(42)61-53(48)33-51(46)60-49-24-11-8-19-41(49)47-30-38-17-6-7-18-39(38)31-50(47)60/h4-33H,1,3H2,2H3/b58-57-,59-55+. The Balaban J connectivity index is 1.14. The van der Waals surface area contributed by atoms with E-state index in [-0.39, 0.29) is 0 Å². The van der Waals surface area contributed by atoms with E-state index in [1.54, 1.807) is 11.3 Å². The van der Waals surface area contributed by atoms with E-state index in [1.807, 2.05) is 19.1 Å². The van der Waals surface area contributed by atoms with Gasteiger partial charge in [0.25, 0.3) is 0 Å². The Kier molecular flexibility index (Phi) is 8.21. The molecule has 12 aromatic rings. The summed E-state index contributed by atoms with van der Waals surface area (Å²) in [5, 5.41) is 11.4. The fourth-order valence-corrected chi connectivity index (χ4v) is 10.4. The Labute approximate surface area is 361 Å². The van der Waals surface area contributed by atoms with E-state index in [4.69, 9.17) is 21.0 Å². The molecule has 0 saturated heterocycles. The number of rotatable bonds is 6. The summed E-state index contributed by atoms with van der Waals surface area (Å²) >= 11 is 1.78. The molecule has 0 atom stereocenters. The molecular weight excluding hydrogens is 775 g/mol. The zero-order chi connectivity index (χ0) is 41.5. The van der Waals surface area contributed by atoms with Crippen molar-refractivity contribution in [3.63, 3.8) is 0 Å². The molecule has 292 valence electrons. The van der Waals surface area contributed by atoms with Gasteiger partial charge in [0, 0.05) is 64.5 Å². The summed E-state index contributed by atoms with van der Waals surface area (Å²) in [6, 6.07) is 64.2. The highest BCUT2D eigenvalue weighted by Crippen LogP contribution is 2.41. The lowest BCUT2D eigenvalue weighted by Gasteiger charge is -2.16.